The van der Waals surface area contributed by atoms with Crippen LogP contribution in [0.15, 0.2) is 46.6 Å². The second kappa shape index (κ2) is 11.2. The number of azo groups is 1. The molecule has 2 heterocycles. The number of anilines is 1. The second-order valence-corrected chi connectivity index (χ2v) is 10.3. The number of nitro benzene ring substituents is 1. The molecule has 0 aromatic heterocycles. The summed E-state index contributed by atoms with van der Waals surface area (Å²) < 4.78 is 5.63. The Morgan fingerprint density at radius 2 is 1.79 bits per heavy atom. The molecule has 12 nitrogen and oxygen atoms in total. The number of nitro groups is 1. The van der Waals surface area contributed by atoms with E-state index in [0.29, 0.717) is 35.2 Å². The Bertz CT molecular complexity index is 1310. The molecule has 0 N–H and O–H groups in total. The molecule has 0 bridgehead atoms. The van der Waals surface area contributed by atoms with E-state index in [1.165, 1.54) is 24.3 Å². The van der Waals surface area contributed by atoms with Crippen molar-refractivity contribution < 1.29 is 28.9 Å². The number of hydrogen-bond acceptors (Lipinski definition) is 10. The molecule has 2 aromatic rings. The number of rotatable bonds is 9. The maximum absolute atomic E-state index is 12.3. The first-order valence-electron chi connectivity index (χ1n) is 12.7. The summed E-state index contributed by atoms with van der Waals surface area (Å²) in [6.45, 7) is 6.96. The summed E-state index contributed by atoms with van der Waals surface area (Å²) in [5.41, 5.74) is 2.78. The fourth-order valence-electron chi connectivity index (χ4n) is 5.10. The van der Waals surface area contributed by atoms with Crippen LogP contribution < -0.4 is 9.64 Å². The normalized spacial score (nSPS) is 18.4. The molecular formula is C27H31N5O7. The average Bonchev–Trinajstić information content (AvgIpc) is 3.20. The van der Waals surface area contributed by atoms with Gasteiger partial charge < -0.3 is 14.5 Å². The SMILES string of the molecule is COc1cc2c(cc1N=Nc1ccc([N+](=O)[O-])cc1)C(C)CC(C)(C)N2CCCC(=O)ON1C(=O)CCC1=O. The second-order valence-electron chi connectivity index (χ2n) is 10.3. The number of methoxy groups -OCH3 is 1. The summed E-state index contributed by atoms with van der Waals surface area (Å²) in [7, 11) is 1.55. The Kier molecular flexibility index (Phi) is 7.93. The molecule has 2 aliphatic heterocycles. The highest BCUT2D eigenvalue weighted by Gasteiger charge is 2.37. The Morgan fingerprint density at radius 3 is 2.41 bits per heavy atom. The van der Waals surface area contributed by atoms with Crippen molar-refractivity contribution in [2.24, 2.45) is 10.2 Å². The molecule has 0 aliphatic carbocycles. The molecule has 1 atom stereocenters. The van der Waals surface area contributed by atoms with E-state index in [-0.39, 0.29) is 36.4 Å². The third kappa shape index (κ3) is 6.05. The zero-order chi connectivity index (χ0) is 28.3. The van der Waals surface area contributed by atoms with E-state index in [1.807, 2.05) is 12.1 Å². The van der Waals surface area contributed by atoms with E-state index >= 15 is 0 Å². The maximum atomic E-state index is 12.3. The highest BCUT2D eigenvalue weighted by Crippen LogP contribution is 2.48. The number of hydroxylamine groups is 2. The summed E-state index contributed by atoms with van der Waals surface area (Å²) in [4.78, 5) is 53.4. The predicted octanol–water partition coefficient (Wildman–Crippen LogP) is 5.50. The van der Waals surface area contributed by atoms with Gasteiger partial charge in [-0.2, -0.15) is 5.11 Å². The van der Waals surface area contributed by atoms with E-state index in [0.717, 1.165) is 17.7 Å². The minimum absolute atomic E-state index is 0.0249. The van der Waals surface area contributed by atoms with Crippen molar-refractivity contribution in [3.63, 3.8) is 0 Å². The number of amides is 2. The molecule has 0 spiro atoms. The largest absolute Gasteiger partial charge is 0.494 e. The van der Waals surface area contributed by atoms with Gasteiger partial charge in [0.2, 0.25) is 0 Å². The zero-order valence-electron chi connectivity index (χ0n) is 22.4. The lowest BCUT2D eigenvalue weighted by molar-refractivity contribution is -0.384. The summed E-state index contributed by atoms with van der Waals surface area (Å²) in [6, 6.07) is 9.65. The maximum Gasteiger partial charge on any atom is 0.333 e. The van der Waals surface area contributed by atoms with E-state index in [1.54, 1.807) is 7.11 Å². The van der Waals surface area contributed by atoms with Crippen LogP contribution in [0.3, 0.4) is 0 Å². The van der Waals surface area contributed by atoms with Crippen molar-refractivity contribution in [3.05, 3.63) is 52.1 Å². The first-order chi connectivity index (χ1) is 18.5. The number of carbonyl (C=O) groups is 3. The van der Waals surface area contributed by atoms with Crippen LogP contribution in [0.4, 0.5) is 22.7 Å². The van der Waals surface area contributed by atoms with Crippen LogP contribution in [0.2, 0.25) is 0 Å². The molecule has 2 aliphatic rings. The lowest BCUT2D eigenvalue weighted by Gasteiger charge is -2.47. The minimum atomic E-state index is -0.624. The van der Waals surface area contributed by atoms with E-state index in [9.17, 15) is 24.5 Å². The van der Waals surface area contributed by atoms with Crippen LogP contribution in [0.25, 0.3) is 0 Å². The van der Waals surface area contributed by atoms with Crippen molar-refractivity contribution in [3.8, 4) is 5.75 Å². The summed E-state index contributed by atoms with van der Waals surface area (Å²) in [5, 5.41) is 20.1. The van der Waals surface area contributed by atoms with Crippen LogP contribution in [0, 0.1) is 10.1 Å². The smallest absolute Gasteiger partial charge is 0.333 e. The van der Waals surface area contributed by atoms with Crippen LogP contribution >= 0.6 is 0 Å². The lowest BCUT2D eigenvalue weighted by atomic mass is 9.79. The molecule has 2 amide bonds. The molecular weight excluding hydrogens is 506 g/mol. The number of imide groups is 1. The van der Waals surface area contributed by atoms with Crippen molar-refractivity contribution in [1.82, 2.24) is 5.06 Å². The number of benzene rings is 2. The van der Waals surface area contributed by atoms with Gasteiger partial charge >= 0.3 is 5.97 Å². The standard InChI is InChI=1S/C27H31N5O7/c1-17-16-27(2,3)30(13-5-6-26(35)39-31-24(33)11-12-25(31)34)22-15-23(38-4)21(14-20(17)22)29-28-18-7-9-19(10-8-18)32(36)37/h7-10,14-15,17H,5-6,11-13,16H2,1-4H3. The predicted molar refractivity (Wildman–Crippen MR) is 141 cm³/mol. The summed E-state index contributed by atoms with van der Waals surface area (Å²) in [5.74, 6) is -0.895. The number of ether oxygens (including phenoxy) is 1. The van der Waals surface area contributed by atoms with Crippen molar-refractivity contribution in [2.45, 2.75) is 64.3 Å². The Balaban J connectivity index is 1.51. The number of carbonyl (C=O) groups excluding carboxylic acids is 3. The third-order valence-electron chi connectivity index (χ3n) is 6.98. The lowest BCUT2D eigenvalue weighted by Crippen LogP contribution is -2.49. The van der Waals surface area contributed by atoms with Gasteiger partial charge in [0.05, 0.1) is 17.7 Å². The Hall–Kier alpha value is -4.35. The molecule has 39 heavy (non-hydrogen) atoms. The molecule has 0 radical (unpaired) electrons. The Morgan fingerprint density at radius 1 is 1.13 bits per heavy atom. The first-order valence-corrected chi connectivity index (χ1v) is 12.7. The van der Waals surface area contributed by atoms with Crippen LogP contribution in [0.1, 0.15) is 64.4 Å². The van der Waals surface area contributed by atoms with Gasteiger partial charge in [-0.15, -0.1) is 10.2 Å². The monoisotopic (exact) mass is 537 g/mol. The van der Waals surface area contributed by atoms with Gasteiger partial charge in [0.1, 0.15) is 11.4 Å². The minimum Gasteiger partial charge on any atom is -0.494 e. The van der Waals surface area contributed by atoms with Gasteiger partial charge in [-0.05, 0) is 56.4 Å². The fourth-order valence-corrected chi connectivity index (χ4v) is 5.10. The van der Waals surface area contributed by atoms with Crippen molar-refractivity contribution in [2.75, 3.05) is 18.6 Å². The van der Waals surface area contributed by atoms with Gasteiger partial charge in [-0.25, -0.2) is 4.79 Å². The number of nitrogens with zero attached hydrogens (tertiary/aromatic N) is 5. The highest BCUT2D eigenvalue weighted by molar-refractivity contribution is 6.01. The fraction of sp³-hybridized carbons (Fsp3) is 0.444. The molecule has 206 valence electrons. The van der Waals surface area contributed by atoms with Crippen LogP contribution in [-0.2, 0) is 19.2 Å². The topological polar surface area (TPSA) is 144 Å². The molecule has 0 saturated carbocycles. The number of fused-ring (bicyclic) bond motifs is 1. The van der Waals surface area contributed by atoms with Gasteiger partial charge in [0.15, 0.2) is 0 Å². The first kappa shape index (κ1) is 27.7. The molecule has 4 rings (SSSR count). The van der Waals surface area contributed by atoms with Crippen molar-refractivity contribution in [1.29, 1.82) is 0 Å². The number of non-ortho nitro benzene ring substituents is 1. The zero-order valence-corrected chi connectivity index (χ0v) is 22.4. The van der Waals surface area contributed by atoms with Gasteiger partial charge in [0.25, 0.3) is 17.5 Å². The summed E-state index contributed by atoms with van der Waals surface area (Å²) >= 11 is 0. The average molecular weight is 538 g/mol. The number of hydrogen-bond donors (Lipinski definition) is 0. The quantitative estimate of drug-likeness (QED) is 0.176. The third-order valence-corrected chi connectivity index (χ3v) is 6.98. The highest BCUT2D eigenvalue weighted by atomic mass is 16.7. The van der Waals surface area contributed by atoms with E-state index < -0.39 is 22.7 Å². The van der Waals surface area contributed by atoms with Crippen LogP contribution in [0.5, 0.6) is 5.75 Å². The molecule has 2 aromatic carbocycles. The van der Waals surface area contributed by atoms with Gasteiger partial charge in [-0.1, -0.05) is 6.92 Å². The molecule has 1 saturated heterocycles. The van der Waals surface area contributed by atoms with Gasteiger partial charge in [0, 0.05) is 55.2 Å². The van der Waals surface area contributed by atoms with Gasteiger partial charge in [-0.3, -0.25) is 19.7 Å². The Labute approximate surface area is 225 Å². The van der Waals surface area contributed by atoms with E-state index in [2.05, 4.69) is 35.9 Å². The summed E-state index contributed by atoms with van der Waals surface area (Å²) in [6.07, 6.45) is 1.47. The van der Waals surface area contributed by atoms with E-state index in [4.69, 9.17) is 9.57 Å². The molecule has 1 fully saturated rings. The van der Waals surface area contributed by atoms with Crippen molar-refractivity contribution >= 4 is 40.5 Å². The molecule has 12 heteroatoms. The molecule has 1 unspecified atom stereocenters. The van der Waals surface area contributed by atoms with Crippen LogP contribution in [-0.4, -0.2) is 47.0 Å².